The Hall–Kier alpha value is -1.42. The zero-order chi connectivity index (χ0) is 12.3. The van der Waals surface area contributed by atoms with Crippen LogP contribution in [0.25, 0.3) is 0 Å². The molecule has 2 heterocycles. The highest BCUT2D eigenvalue weighted by atomic mass is 16.4. The first-order chi connectivity index (χ1) is 8.18. The number of aromatic nitrogens is 1. The number of rotatable bonds is 3. The van der Waals surface area contributed by atoms with Gasteiger partial charge in [-0.3, -0.25) is 14.7 Å². The summed E-state index contributed by atoms with van der Waals surface area (Å²) in [5, 5.41) is 9.30. The Morgan fingerprint density at radius 1 is 1.53 bits per heavy atom. The Balaban J connectivity index is 2.10. The fourth-order valence-electron chi connectivity index (χ4n) is 2.57. The van der Waals surface area contributed by atoms with E-state index in [9.17, 15) is 9.90 Å². The van der Waals surface area contributed by atoms with Crippen molar-refractivity contribution in [2.45, 2.75) is 32.4 Å². The van der Waals surface area contributed by atoms with Gasteiger partial charge < -0.3 is 5.11 Å². The minimum atomic E-state index is -0.703. The maximum atomic E-state index is 11.3. The minimum Gasteiger partial charge on any atom is -0.480 e. The van der Waals surface area contributed by atoms with Gasteiger partial charge in [-0.25, -0.2) is 0 Å². The molecule has 92 valence electrons. The molecule has 0 bridgehead atoms. The third-order valence-electron chi connectivity index (χ3n) is 3.43. The van der Waals surface area contributed by atoms with E-state index >= 15 is 0 Å². The van der Waals surface area contributed by atoms with Crippen LogP contribution in [0.1, 0.15) is 25.3 Å². The number of likely N-dealkylation sites (tertiary alicyclic amines) is 1. The zero-order valence-electron chi connectivity index (χ0n) is 10.0. The quantitative estimate of drug-likeness (QED) is 0.866. The van der Waals surface area contributed by atoms with Crippen molar-refractivity contribution in [2.75, 3.05) is 6.54 Å². The predicted molar refractivity (Wildman–Crippen MR) is 64.5 cm³/mol. The minimum absolute atomic E-state index is 0.225. The van der Waals surface area contributed by atoms with E-state index in [1.807, 2.05) is 19.1 Å². The molecule has 1 fully saturated rings. The maximum Gasteiger partial charge on any atom is 0.321 e. The van der Waals surface area contributed by atoms with Gasteiger partial charge in [0, 0.05) is 18.9 Å². The molecular weight excluding hydrogens is 216 g/mol. The van der Waals surface area contributed by atoms with Crippen molar-refractivity contribution < 1.29 is 9.90 Å². The van der Waals surface area contributed by atoms with Gasteiger partial charge >= 0.3 is 5.97 Å². The van der Waals surface area contributed by atoms with Crippen LogP contribution in [0.3, 0.4) is 0 Å². The van der Waals surface area contributed by atoms with Gasteiger partial charge in [0.15, 0.2) is 0 Å². The molecule has 1 N–H and O–H groups in total. The van der Waals surface area contributed by atoms with Crippen LogP contribution in [0.2, 0.25) is 0 Å². The van der Waals surface area contributed by atoms with Gasteiger partial charge in [0.05, 0.1) is 0 Å². The molecule has 0 spiro atoms. The van der Waals surface area contributed by atoms with Gasteiger partial charge in [-0.1, -0.05) is 6.92 Å². The van der Waals surface area contributed by atoms with Gasteiger partial charge in [0.25, 0.3) is 0 Å². The monoisotopic (exact) mass is 234 g/mol. The number of carbonyl (C=O) groups is 1. The van der Waals surface area contributed by atoms with E-state index in [0.717, 1.165) is 24.9 Å². The second-order valence-corrected chi connectivity index (χ2v) is 4.73. The van der Waals surface area contributed by atoms with E-state index in [-0.39, 0.29) is 12.0 Å². The zero-order valence-corrected chi connectivity index (χ0v) is 10.0. The molecule has 2 atom stereocenters. The Kier molecular flexibility index (Phi) is 3.74. The largest absolute Gasteiger partial charge is 0.480 e. The summed E-state index contributed by atoms with van der Waals surface area (Å²) < 4.78 is 0. The van der Waals surface area contributed by atoms with Crippen LogP contribution in [-0.4, -0.2) is 33.5 Å². The van der Waals surface area contributed by atoms with Gasteiger partial charge in [0.1, 0.15) is 6.04 Å². The van der Waals surface area contributed by atoms with Crippen LogP contribution in [0, 0.1) is 5.92 Å². The summed E-state index contributed by atoms with van der Waals surface area (Å²) in [4.78, 5) is 17.3. The van der Waals surface area contributed by atoms with E-state index < -0.39 is 5.97 Å². The molecule has 0 radical (unpaired) electrons. The van der Waals surface area contributed by atoms with E-state index in [2.05, 4.69) is 9.88 Å². The summed E-state index contributed by atoms with van der Waals surface area (Å²) in [6, 6.07) is 3.54. The number of carboxylic acid groups (broad SMARTS) is 1. The molecule has 0 aromatic carbocycles. The molecule has 2 unspecified atom stereocenters. The Morgan fingerprint density at radius 2 is 2.24 bits per heavy atom. The fourth-order valence-corrected chi connectivity index (χ4v) is 2.57. The highest BCUT2D eigenvalue weighted by Crippen LogP contribution is 2.24. The van der Waals surface area contributed by atoms with Crippen LogP contribution < -0.4 is 0 Å². The second kappa shape index (κ2) is 5.27. The topological polar surface area (TPSA) is 53.4 Å². The molecule has 17 heavy (non-hydrogen) atoms. The van der Waals surface area contributed by atoms with Crippen molar-refractivity contribution in [3.05, 3.63) is 30.1 Å². The van der Waals surface area contributed by atoms with Crippen LogP contribution in [0.15, 0.2) is 24.5 Å². The molecular formula is C13H18N2O2. The highest BCUT2D eigenvalue weighted by molar-refractivity contribution is 5.74. The number of hydrogen-bond acceptors (Lipinski definition) is 3. The van der Waals surface area contributed by atoms with Crippen molar-refractivity contribution in [3.8, 4) is 0 Å². The Bertz CT molecular complexity index is 380. The number of hydrogen-bond donors (Lipinski definition) is 1. The summed E-state index contributed by atoms with van der Waals surface area (Å²) >= 11 is 0. The molecule has 1 aromatic rings. The van der Waals surface area contributed by atoms with Crippen molar-refractivity contribution in [1.29, 1.82) is 0 Å². The highest BCUT2D eigenvalue weighted by Gasteiger charge is 2.33. The summed E-state index contributed by atoms with van der Waals surface area (Å²) in [6.07, 6.45) is 5.58. The first-order valence-corrected chi connectivity index (χ1v) is 6.04. The SMILES string of the molecule is CC1CCCN(Cc2ccncc2)C1C(=O)O. The Morgan fingerprint density at radius 3 is 2.88 bits per heavy atom. The molecule has 2 rings (SSSR count). The third-order valence-corrected chi connectivity index (χ3v) is 3.43. The molecule has 4 nitrogen and oxygen atoms in total. The van der Waals surface area contributed by atoms with Gasteiger partial charge in [-0.05, 0) is 43.0 Å². The maximum absolute atomic E-state index is 11.3. The summed E-state index contributed by atoms with van der Waals surface area (Å²) in [5.74, 6) is -0.477. The molecule has 1 aliphatic heterocycles. The normalized spacial score (nSPS) is 25.7. The number of nitrogens with zero attached hydrogens (tertiary/aromatic N) is 2. The summed E-state index contributed by atoms with van der Waals surface area (Å²) in [5.41, 5.74) is 1.13. The van der Waals surface area contributed by atoms with Gasteiger partial charge in [-0.2, -0.15) is 0 Å². The Labute approximate surface area is 101 Å². The lowest BCUT2D eigenvalue weighted by atomic mass is 9.90. The lowest BCUT2D eigenvalue weighted by Crippen LogP contribution is -2.48. The molecule has 1 aromatic heterocycles. The third kappa shape index (κ3) is 2.82. The van der Waals surface area contributed by atoms with Crippen LogP contribution in [0.4, 0.5) is 0 Å². The van der Waals surface area contributed by atoms with E-state index in [4.69, 9.17) is 0 Å². The van der Waals surface area contributed by atoms with E-state index in [1.54, 1.807) is 12.4 Å². The second-order valence-electron chi connectivity index (χ2n) is 4.73. The fraction of sp³-hybridized carbons (Fsp3) is 0.538. The molecule has 0 aliphatic carbocycles. The number of piperidine rings is 1. The average Bonchev–Trinajstić information content (AvgIpc) is 2.30. The molecule has 0 saturated carbocycles. The summed E-state index contributed by atoms with van der Waals surface area (Å²) in [6.45, 7) is 3.59. The smallest absolute Gasteiger partial charge is 0.321 e. The molecule has 0 amide bonds. The molecule has 1 aliphatic rings. The predicted octanol–water partition coefficient (Wildman–Crippen LogP) is 1.77. The van der Waals surface area contributed by atoms with E-state index in [0.29, 0.717) is 6.54 Å². The van der Waals surface area contributed by atoms with Gasteiger partial charge in [0.2, 0.25) is 0 Å². The number of pyridine rings is 1. The summed E-state index contributed by atoms with van der Waals surface area (Å²) in [7, 11) is 0. The van der Waals surface area contributed by atoms with Gasteiger partial charge in [-0.15, -0.1) is 0 Å². The van der Waals surface area contributed by atoms with Crippen molar-refractivity contribution >= 4 is 5.97 Å². The molecule has 1 saturated heterocycles. The molecule has 4 heteroatoms. The lowest BCUT2D eigenvalue weighted by molar-refractivity contribution is -0.147. The van der Waals surface area contributed by atoms with Crippen molar-refractivity contribution in [1.82, 2.24) is 9.88 Å². The number of carboxylic acids is 1. The average molecular weight is 234 g/mol. The van der Waals surface area contributed by atoms with Crippen LogP contribution in [-0.2, 0) is 11.3 Å². The lowest BCUT2D eigenvalue weighted by Gasteiger charge is -2.37. The first-order valence-electron chi connectivity index (χ1n) is 6.04. The van der Waals surface area contributed by atoms with Crippen molar-refractivity contribution in [2.24, 2.45) is 5.92 Å². The first kappa shape index (κ1) is 12.0. The van der Waals surface area contributed by atoms with Crippen molar-refractivity contribution in [3.63, 3.8) is 0 Å². The van der Waals surface area contributed by atoms with Crippen LogP contribution in [0.5, 0.6) is 0 Å². The van der Waals surface area contributed by atoms with Crippen LogP contribution >= 0.6 is 0 Å². The number of aliphatic carboxylic acids is 1. The standard InChI is InChI=1S/C13H18N2O2/c1-10-3-2-8-15(12(10)13(16)17)9-11-4-6-14-7-5-11/h4-7,10,12H,2-3,8-9H2,1H3,(H,16,17). The van der Waals surface area contributed by atoms with E-state index in [1.165, 1.54) is 0 Å².